The van der Waals surface area contributed by atoms with Crippen LogP contribution in [0.25, 0.3) is 0 Å². The van der Waals surface area contributed by atoms with Crippen LogP contribution in [0, 0.1) is 0 Å². The molecule has 2 N–H and O–H groups in total. The highest BCUT2D eigenvalue weighted by Gasteiger charge is 2.17. The second kappa shape index (κ2) is 6.91. The van der Waals surface area contributed by atoms with Crippen molar-refractivity contribution in [2.24, 2.45) is 4.99 Å². The molecule has 0 aliphatic carbocycles. The minimum atomic E-state index is 0.0123. The Bertz CT molecular complexity index is 390. The number of hydrogen-bond acceptors (Lipinski definition) is 3. The number of aliphatic imine (C=N–C) groups is 1. The van der Waals surface area contributed by atoms with E-state index in [9.17, 15) is 0 Å². The quantitative estimate of drug-likeness (QED) is 0.657. The molecule has 5 heteroatoms. The minimum absolute atomic E-state index is 0.0123. The van der Waals surface area contributed by atoms with Crippen LogP contribution in [-0.2, 0) is 0 Å². The summed E-state index contributed by atoms with van der Waals surface area (Å²) in [6.45, 7) is 7.22. The number of guanidine groups is 1. The number of rotatable bonds is 4. The highest BCUT2D eigenvalue weighted by Crippen LogP contribution is 2.22. The molecule has 0 saturated heterocycles. The smallest absolute Gasteiger partial charge is 0.191 e. The van der Waals surface area contributed by atoms with Crippen molar-refractivity contribution in [3.05, 3.63) is 22.4 Å². The summed E-state index contributed by atoms with van der Waals surface area (Å²) in [5, 5.41) is 8.89. The van der Waals surface area contributed by atoms with Crippen LogP contribution in [0.5, 0.6) is 0 Å². The van der Waals surface area contributed by atoms with Gasteiger partial charge in [0.25, 0.3) is 0 Å². The topological polar surface area (TPSA) is 39.7 Å². The lowest BCUT2D eigenvalue weighted by Crippen LogP contribution is -2.49. The summed E-state index contributed by atoms with van der Waals surface area (Å²) in [7, 11) is 6.01. The van der Waals surface area contributed by atoms with E-state index in [4.69, 9.17) is 0 Å². The van der Waals surface area contributed by atoms with Gasteiger partial charge in [-0.1, -0.05) is 6.07 Å². The van der Waals surface area contributed by atoms with Crippen molar-refractivity contribution < 1.29 is 0 Å². The van der Waals surface area contributed by atoms with Gasteiger partial charge >= 0.3 is 0 Å². The number of likely N-dealkylation sites (N-methyl/N-ethyl adjacent to an activating group) is 1. The van der Waals surface area contributed by atoms with E-state index in [1.54, 1.807) is 18.4 Å². The Balaban J connectivity index is 2.62. The van der Waals surface area contributed by atoms with Crippen LogP contribution in [0.1, 0.15) is 31.7 Å². The molecule has 0 spiro atoms. The van der Waals surface area contributed by atoms with Gasteiger partial charge in [0, 0.05) is 24.0 Å². The summed E-state index contributed by atoms with van der Waals surface area (Å²) in [6.07, 6.45) is 0. The molecule has 1 rings (SSSR count). The maximum Gasteiger partial charge on any atom is 0.191 e. The zero-order valence-electron chi connectivity index (χ0n) is 12.8. The summed E-state index contributed by atoms with van der Waals surface area (Å²) in [5.41, 5.74) is 0.0123. The summed E-state index contributed by atoms with van der Waals surface area (Å²) in [5.74, 6) is 0.843. The molecule has 0 fully saturated rings. The molecule has 1 unspecified atom stereocenters. The molecule has 0 saturated carbocycles. The highest BCUT2D eigenvalue weighted by molar-refractivity contribution is 7.10. The van der Waals surface area contributed by atoms with E-state index in [1.807, 2.05) is 0 Å². The average molecular weight is 282 g/mol. The van der Waals surface area contributed by atoms with Crippen molar-refractivity contribution in [2.45, 2.75) is 32.4 Å². The van der Waals surface area contributed by atoms with Gasteiger partial charge in [-0.15, -0.1) is 11.3 Å². The molecule has 0 radical (unpaired) electrons. The van der Waals surface area contributed by atoms with E-state index in [1.165, 1.54) is 4.88 Å². The molecule has 1 heterocycles. The fourth-order valence-corrected chi connectivity index (χ4v) is 2.67. The zero-order chi connectivity index (χ0) is 14.5. The molecule has 0 aliphatic heterocycles. The standard InChI is InChI=1S/C14H26N4S/c1-14(2,3)17-13(15-4)16-10-11(18(5)6)12-8-7-9-19-12/h7-9,11H,10H2,1-6H3,(H2,15,16,17). The number of thiophene rings is 1. The second-order valence-corrected chi connectivity index (χ2v) is 6.80. The van der Waals surface area contributed by atoms with Gasteiger partial charge in [0.1, 0.15) is 0 Å². The molecule has 0 aromatic carbocycles. The van der Waals surface area contributed by atoms with Gasteiger partial charge in [-0.05, 0) is 46.3 Å². The van der Waals surface area contributed by atoms with E-state index in [2.05, 4.69) is 72.9 Å². The summed E-state index contributed by atoms with van der Waals surface area (Å²) in [4.78, 5) is 7.86. The van der Waals surface area contributed by atoms with Gasteiger partial charge in [-0.3, -0.25) is 4.99 Å². The van der Waals surface area contributed by atoms with E-state index in [0.29, 0.717) is 6.04 Å². The lowest BCUT2D eigenvalue weighted by Gasteiger charge is -2.27. The first-order valence-electron chi connectivity index (χ1n) is 6.52. The highest BCUT2D eigenvalue weighted by atomic mass is 32.1. The Morgan fingerprint density at radius 3 is 2.53 bits per heavy atom. The van der Waals surface area contributed by atoms with Gasteiger partial charge in [-0.25, -0.2) is 0 Å². The minimum Gasteiger partial charge on any atom is -0.354 e. The van der Waals surface area contributed by atoms with Crippen LogP contribution >= 0.6 is 11.3 Å². The normalized spacial score (nSPS) is 14.6. The van der Waals surface area contributed by atoms with E-state index < -0.39 is 0 Å². The summed E-state index contributed by atoms with van der Waals surface area (Å²) < 4.78 is 0. The van der Waals surface area contributed by atoms with E-state index >= 15 is 0 Å². The molecule has 1 aromatic rings. The zero-order valence-corrected chi connectivity index (χ0v) is 13.6. The second-order valence-electron chi connectivity index (χ2n) is 5.82. The van der Waals surface area contributed by atoms with Crippen molar-refractivity contribution >= 4 is 17.3 Å². The maximum atomic E-state index is 4.27. The molecule has 1 aromatic heterocycles. The Labute approximate surface area is 120 Å². The van der Waals surface area contributed by atoms with Crippen LogP contribution in [-0.4, -0.2) is 44.1 Å². The first kappa shape index (κ1) is 16.0. The number of hydrogen-bond donors (Lipinski definition) is 2. The van der Waals surface area contributed by atoms with Gasteiger partial charge in [0.15, 0.2) is 5.96 Å². The molecule has 4 nitrogen and oxygen atoms in total. The first-order chi connectivity index (χ1) is 8.83. The van der Waals surface area contributed by atoms with E-state index in [-0.39, 0.29) is 5.54 Å². The molecular weight excluding hydrogens is 256 g/mol. The average Bonchev–Trinajstić information content (AvgIpc) is 2.79. The van der Waals surface area contributed by atoms with Gasteiger partial charge < -0.3 is 15.5 Å². The van der Waals surface area contributed by atoms with Crippen molar-refractivity contribution in [2.75, 3.05) is 27.7 Å². The Morgan fingerprint density at radius 1 is 1.42 bits per heavy atom. The monoisotopic (exact) mass is 282 g/mol. The molecule has 1 atom stereocenters. The summed E-state index contributed by atoms with van der Waals surface area (Å²) >= 11 is 1.79. The molecule has 0 amide bonds. The molecule has 108 valence electrons. The number of nitrogens with one attached hydrogen (secondary N) is 2. The van der Waals surface area contributed by atoms with Crippen LogP contribution in [0.4, 0.5) is 0 Å². The van der Waals surface area contributed by atoms with Crippen molar-refractivity contribution in [3.8, 4) is 0 Å². The van der Waals surface area contributed by atoms with Crippen LogP contribution in [0.15, 0.2) is 22.5 Å². The largest absolute Gasteiger partial charge is 0.354 e. The predicted molar refractivity (Wildman–Crippen MR) is 85.0 cm³/mol. The third kappa shape index (κ3) is 5.61. The third-order valence-electron chi connectivity index (χ3n) is 2.67. The van der Waals surface area contributed by atoms with Crippen LogP contribution < -0.4 is 10.6 Å². The van der Waals surface area contributed by atoms with Gasteiger partial charge in [0.05, 0.1) is 6.04 Å². The number of nitrogens with zero attached hydrogens (tertiary/aromatic N) is 2. The Kier molecular flexibility index (Phi) is 5.82. The maximum absolute atomic E-state index is 4.27. The third-order valence-corrected chi connectivity index (χ3v) is 3.65. The van der Waals surface area contributed by atoms with Crippen LogP contribution in [0.3, 0.4) is 0 Å². The first-order valence-corrected chi connectivity index (χ1v) is 7.40. The lowest BCUT2D eigenvalue weighted by atomic mass is 10.1. The predicted octanol–water partition coefficient (Wildman–Crippen LogP) is 2.31. The van der Waals surface area contributed by atoms with E-state index in [0.717, 1.165) is 12.5 Å². The lowest BCUT2D eigenvalue weighted by molar-refractivity contribution is 0.301. The van der Waals surface area contributed by atoms with Gasteiger partial charge in [-0.2, -0.15) is 0 Å². The molecule has 0 bridgehead atoms. The van der Waals surface area contributed by atoms with Crippen molar-refractivity contribution in [1.29, 1.82) is 0 Å². The van der Waals surface area contributed by atoms with Crippen LogP contribution in [0.2, 0.25) is 0 Å². The summed E-state index contributed by atoms with van der Waals surface area (Å²) in [6, 6.07) is 4.63. The van der Waals surface area contributed by atoms with Gasteiger partial charge in [0.2, 0.25) is 0 Å². The SMILES string of the molecule is CN=C(NCC(c1cccs1)N(C)C)NC(C)(C)C. The van der Waals surface area contributed by atoms with Crippen molar-refractivity contribution in [3.63, 3.8) is 0 Å². The Hall–Kier alpha value is -1.07. The fourth-order valence-electron chi connectivity index (χ4n) is 1.75. The molecule has 19 heavy (non-hydrogen) atoms. The molecule has 0 aliphatic rings. The Morgan fingerprint density at radius 2 is 2.11 bits per heavy atom. The van der Waals surface area contributed by atoms with Crippen molar-refractivity contribution in [1.82, 2.24) is 15.5 Å². The fraction of sp³-hybridized carbons (Fsp3) is 0.643. The molecular formula is C14H26N4S.